The van der Waals surface area contributed by atoms with Crippen LogP contribution in [0.4, 0.5) is 5.69 Å². The van der Waals surface area contributed by atoms with Gasteiger partial charge in [-0.05, 0) is 31.4 Å². The van der Waals surface area contributed by atoms with Gasteiger partial charge < -0.3 is 15.8 Å². The van der Waals surface area contributed by atoms with E-state index in [1.54, 1.807) is 0 Å². The number of amides is 1. The van der Waals surface area contributed by atoms with E-state index in [1.165, 1.54) is 0 Å². The van der Waals surface area contributed by atoms with E-state index in [1.807, 2.05) is 31.2 Å². The lowest BCUT2D eigenvalue weighted by Crippen LogP contribution is -2.54. The van der Waals surface area contributed by atoms with E-state index in [4.69, 9.17) is 10.5 Å². The third-order valence-electron chi connectivity index (χ3n) is 3.23. The number of nitrogens with two attached hydrogens (primary N) is 1. The summed E-state index contributed by atoms with van der Waals surface area (Å²) in [5.74, 6) is -0.116. The van der Waals surface area contributed by atoms with Crippen molar-refractivity contribution in [1.29, 1.82) is 0 Å². The summed E-state index contributed by atoms with van der Waals surface area (Å²) in [7, 11) is 0. The molecule has 100 valence electrons. The highest BCUT2D eigenvalue weighted by molar-refractivity contribution is 5.98. The monoisotopic (exact) mass is 270 g/mol. The zero-order valence-corrected chi connectivity index (χ0v) is 11.3. The molecule has 0 bridgehead atoms. The Morgan fingerprint density at radius 3 is 2.56 bits per heavy atom. The fourth-order valence-electron chi connectivity index (χ4n) is 1.92. The minimum atomic E-state index is -0.791. The number of carbonyl (C=O) groups excluding carboxylic acids is 1. The largest absolute Gasteiger partial charge is 0.381 e. The Morgan fingerprint density at radius 1 is 1.33 bits per heavy atom. The smallest absolute Gasteiger partial charge is 0.244 e. The molecule has 3 N–H and O–H groups in total. The molecule has 1 saturated heterocycles. The zero-order chi connectivity index (χ0) is 12.3. The maximum atomic E-state index is 12.1. The molecule has 18 heavy (non-hydrogen) atoms. The fourth-order valence-corrected chi connectivity index (χ4v) is 1.92. The van der Waals surface area contributed by atoms with Crippen LogP contribution >= 0.6 is 12.4 Å². The van der Waals surface area contributed by atoms with E-state index >= 15 is 0 Å². The predicted molar refractivity (Wildman–Crippen MR) is 74.0 cm³/mol. The van der Waals surface area contributed by atoms with Crippen LogP contribution in [0.2, 0.25) is 0 Å². The van der Waals surface area contributed by atoms with E-state index in [0.29, 0.717) is 26.1 Å². The van der Waals surface area contributed by atoms with Gasteiger partial charge in [0.1, 0.15) is 5.54 Å². The molecule has 2 rings (SSSR count). The Labute approximate surface area is 113 Å². The number of ether oxygens (including phenoxy) is 1. The number of nitrogens with one attached hydrogen (secondary N) is 1. The van der Waals surface area contributed by atoms with E-state index in [9.17, 15) is 4.79 Å². The first-order valence-electron chi connectivity index (χ1n) is 5.85. The summed E-state index contributed by atoms with van der Waals surface area (Å²) in [4.78, 5) is 12.1. The van der Waals surface area contributed by atoms with Crippen LogP contribution in [-0.2, 0) is 9.53 Å². The van der Waals surface area contributed by atoms with Gasteiger partial charge in [0.15, 0.2) is 0 Å². The Morgan fingerprint density at radius 2 is 1.94 bits per heavy atom. The van der Waals surface area contributed by atoms with Crippen molar-refractivity contribution in [2.45, 2.75) is 25.3 Å². The van der Waals surface area contributed by atoms with Crippen molar-refractivity contribution >= 4 is 24.0 Å². The molecule has 1 amide bonds. The first-order chi connectivity index (χ1) is 8.12. The van der Waals surface area contributed by atoms with Crippen LogP contribution in [0.25, 0.3) is 0 Å². The molecule has 0 radical (unpaired) electrons. The van der Waals surface area contributed by atoms with Crippen molar-refractivity contribution in [2.75, 3.05) is 18.5 Å². The summed E-state index contributed by atoms with van der Waals surface area (Å²) in [6, 6.07) is 7.69. The van der Waals surface area contributed by atoms with Crippen LogP contribution in [0.3, 0.4) is 0 Å². The molecule has 0 unspecified atom stereocenters. The third-order valence-corrected chi connectivity index (χ3v) is 3.23. The van der Waals surface area contributed by atoms with Gasteiger partial charge in [0.05, 0.1) is 0 Å². The molecule has 0 saturated carbocycles. The minimum absolute atomic E-state index is 0. The molecule has 1 aromatic carbocycles. The van der Waals surface area contributed by atoms with Gasteiger partial charge in [0.25, 0.3) is 0 Å². The molecule has 1 heterocycles. The summed E-state index contributed by atoms with van der Waals surface area (Å²) in [6.07, 6.45) is 1.15. The van der Waals surface area contributed by atoms with Gasteiger partial charge in [-0.25, -0.2) is 0 Å². The number of carbonyl (C=O) groups is 1. The average Bonchev–Trinajstić information content (AvgIpc) is 2.33. The lowest BCUT2D eigenvalue weighted by atomic mass is 9.90. The highest BCUT2D eigenvalue weighted by Gasteiger charge is 2.35. The number of aryl methyl sites for hydroxylation is 1. The van der Waals surface area contributed by atoms with Crippen molar-refractivity contribution in [3.05, 3.63) is 29.8 Å². The molecule has 5 heteroatoms. The first-order valence-corrected chi connectivity index (χ1v) is 5.85. The number of hydrogen-bond acceptors (Lipinski definition) is 3. The molecular weight excluding hydrogens is 252 g/mol. The van der Waals surface area contributed by atoms with E-state index in [-0.39, 0.29) is 18.3 Å². The predicted octanol–water partition coefficient (Wildman–Crippen LogP) is 1.86. The van der Waals surface area contributed by atoms with Gasteiger partial charge in [0, 0.05) is 18.9 Å². The van der Waals surface area contributed by atoms with Gasteiger partial charge in [-0.15, -0.1) is 12.4 Å². The summed E-state index contributed by atoms with van der Waals surface area (Å²) in [5, 5.41) is 2.90. The molecule has 0 atom stereocenters. The van der Waals surface area contributed by atoms with Crippen molar-refractivity contribution in [3.63, 3.8) is 0 Å². The lowest BCUT2D eigenvalue weighted by molar-refractivity contribution is -0.124. The normalized spacial score (nSPS) is 17.7. The van der Waals surface area contributed by atoms with Crippen molar-refractivity contribution in [3.8, 4) is 0 Å². The molecule has 0 aliphatic carbocycles. The average molecular weight is 271 g/mol. The molecule has 1 fully saturated rings. The van der Waals surface area contributed by atoms with Crippen LogP contribution in [0, 0.1) is 6.92 Å². The number of benzene rings is 1. The Kier molecular flexibility index (Phi) is 5.14. The van der Waals surface area contributed by atoms with Gasteiger partial charge in [-0.2, -0.15) is 0 Å². The number of para-hydroxylation sites is 1. The number of rotatable bonds is 2. The summed E-state index contributed by atoms with van der Waals surface area (Å²) >= 11 is 0. The maximum Gasteiger partial charge on any atom is 0.244 e. The van der Waals surface area contributed by atoms with Crippen LogP contribution in [-0.4, -0.2) is 24.7 Å². The summed E-state index contributed by atoms with van der Waals surface area (Å²) < 4.78 is 5.23. The Balaban J connectivity index is 0.00000162. The van der Waals surface area contributed by atoms with Crippen LogP contribution in [0.5, 0.6) is 0 Å². The fraction of sp³-hybridized carbons (Fsp3) is 0.462. The third kappa shape index (κ3) is 3.22. The SMILES string of the molecule is Cc1ccccc1NC(=O)C1(N)CCOCC1.Cl. The van der Waals surface area contributed by atoms with Crippen LogP contribution in [0.1, 0.15) is 18.4 Å². The molecule has 0 aromatic heterocycles. The van der Waals surface area contributed by atoms with Crippen LogP contribution < -0.4 is 11.1 Å². The van der Waals surface area contributed by atoms with E-state index in [0.717, 1.165) is 11.3 Å². The highest BCUT2D eigenvalue weighted by atomic mass is 35.5. The standard InChI is InChI=1S/C13H18N2O2.ClH/c1-10-4-2-3-5-11(10)15-12(16)13(14)6-8-17-9-7-13;/h2-5H,6-9,14H2,1H3,(H,15,16);1H. The maximum absolute atomic E-state index is 12.1. The van der Waals surface area contributed by atoms with Gasteiger partial charge in [0.2, 0.25) is 5.91 Å². The quantitative estimate of drug-likeness (QED) is 0.862. The molecule has 0 spiro atoms. The van der Waals surface area contributed by atoms with Gasteiger partial charge in [-0.1, -0.05) is 18.2 Å². The molecule has 1 aromatic rings. The Hall–Kier alpha value is -1.10. The second-order valence-electron chi connectivity index (χ2n) is 4.54. The summed E-state index contributed by atoms with van der Waals surface area (Å²) in [5.41, 5.74) is 7.18. The second-order valence-corrected chi connectivity index (χ2v) is 4.54. The first kappa shape index (κ1) is 15.0. The van der Waals surface area contributed by atoms with Gasteiger partial charge >= 0.3 is 0 Å². The van der Waals surface area contributed by atoms with Crippen LogP contribution in [0.15, 0.2) is 24.3 Å². The van der Waals surface area contributed by atoms with Crippen molar-refractivity contribution in [1.82, 2.24) is 0 Å². The van der Waals surface area contributed by atoms with Crippen molar-refractivity contribution in [2.24, 2.45) is 5.73 Å². The Bertz CT molecular complexity index is 417. The lowest BCUT2D eigenvalue weighted by Gasteiger charge is -2.31. The highest BCUT2D eigenvalue weighted by Crippen LogP contribution is 2.21. The van der Waals surface area contributed by atoms with E-state index in [2.05, 4.69) is 5.32 Å². The second kappa shape index (κ2) is 6.18. The van der Waals surface area contributed by atoms with E-state index < -0.39 is 5.54 Å². The number of hydrogen-bond donors (Lipinski definition) is 2. The number of anilines is 1. The molecule has 1 aliphatic rings. The summed E-state index contributed by atoms with van der Waals surface area (Å²) in [6.45, 7) is 3.07. The molecule has 4 nitrogen and oxygen atoms in total. The zero-order valence-electron chi connectivity index (χ0n) is 10.4. The number of halogens is 1. The van der Waals surface area contributed by atoms with Gasteiger partial charge in [-0.3, -0.25) is 4.79 Å². The minimum Gasteiger partial charge on any atom is -0.381 e. The molecule has 1 aliphatic heterocycles. The van der Waals surface area contributed by atoms with Crippen molar-refractivity contribution < 1.29 is 9.53 Å². The topological polar surface area (TPSA) is 64.4 Å². The molecular formula is C13H19ClN2O2.